The monoisotopic (exact) mass is 339 g/mol. The van der Waals surface area contributed by atoms with E-state index in [2.05, 4.69) is 20.6 Å². The third-order valence-corrected chi connectivity index (χ3v) is 5.82. The molecule has 1 aliphatic carbocycles. The number of aromatic nitrogens is 4. The fraction of sp³-hybridized carbons (Fsp3) is 0.389. The Hall–Kier alpha value is -2.54. The van der Waals surface area contributed by atoms with Gasteiger partial charge >= 0.3 is 0 Å². The number of nitrogens with zero attached hydrogens (tertiary/aromatic N) is 3. The largest absolute Gasteiger partial charge is 0.322 e. The fourth-order valence-electron chi connectivity index (χ4n) is 4.24. The first-order chi connectivity index (χ1) is 12.1. The molecule has 0 radical (unpaired) electrons. The average molecular weight is 339 g/mol. The van der Waals surface area contributed by atoms with Gasteiger partial charge in [0.15, 0.2) is 0 Å². The summed E-state index contributed by atoms with van der Waals surface area (Å²) in [5.74, 6) is 0.285. The van der Waals surface area contributed by atoms with E-state index >= 15 is 0 Å². The van der Waals surface area contributed by atoms with E-state index in [-0.39, 0.29) is 16.8 Å². The molecule has 0 spiro atoms. The molecule has 5 rings (SSSR count). The van der Waals surface area contributed by atoms with E-state index < -0.39 is 0 Å². The van der Waals surface area contributed by atoms with Gasteiger partial charge in [0.05, 0.1) is 17.8 Å². The molecule has 0 amide bonds. The second-order valence-corrected chi connectivity index (χ2v) is 7.18. The average Bonchev–Trinajstić information content (AvgIpc) is 3.14. The fourth-order valence-corrected chi connectivity index (χ4v) is 4.24. The van der Waals surface area contributed by atoms with Crippen molar-refractivity contribution < 1.29 is 4.39 Å². The summed E-state index contributed by atoms with van der Waals surface area (Å²) in [7, 11) is 0. The van der Waals surface area contributed by atoms with Gasteiger partial charge in [-0.3, -0.25) is 4.79 Å². The van der Waals surface area contributed by atoms with Crippen molar-refractivity contribution >= 4 is 10.9 Å². The summed E-state index contributed by atoms with van der Waals surface area (Å²) in [5.41, 5.74) is 2.01. The lowest BCUT2D eigenvalue weighted by Crippen LogP contribution is -2.44. The minimum Gasteiger partial charge on any atom is -0.322 e. The van der Waals surface area contributed by atoms with Gasteiger partial charge in [0.2, 0.25) is 0 Å². The van der Waals surface area contributed by atoms with Crippen LogP contribution >= 0.6 is 0 Å². The maximum absolute atomic E-state index is 13.3. The number of benzene rings is 1. The summed E-state index contributed by atoms with van der Waals surface area (Å²) >= 11 is 0. The Bertz CT molecular complexity index is 1030. The molecule has 7 heteroatoms. The quantitative estimate of drug-likeness (QED) is 0.759. The van der Waals surface area contributed by atoms with Gasteiger partial charge in [-0.15, -0.1) is 5.10 Å². The molecule has 2 N–H and O–H groups in total. The molecule has 1 aliphatic heterocycles. The number of halogens is 1. The van der Waals surface area contributed by atoms with Crippen LogP contribution in [0, 0.1) is 11.7 Å². The van der Waals surface area contributed by atoms with Crippen LogP contribution < -0.4 is 10.9 Å². The van der Waals surface area contributed by atoms with E-state index in [0.717, 1.165) is 30.6 Å². The minimum absolute atomic E-state index is 0.131. The highest BCUT2D eigenvalue weighted by Gasteiger charge is 2.52. The molecule has 0 unspecified atom stereocenters. The van der Waals surface area contributed by atoms with Crippen LogP contribution in [-0.2, 0) is 12.0 Å². The van der Waals surface area contributed by atoms with E-state index in [4.69, 9.17) is 0 Å². The number of hydrogen-bond donors (Lipinski definition) is 2. The second-order valence-electron chi connectivity index (χ2n) is 7.18. The maximum Gasteiger partial charge on any atom is 0.253 e. The van der Waals surface area contributed by atoms with Crippen LogP contribution in [0.4, 0.5) is 4.39 Å². The van der Waals surface area contributed by atoms with Crippen LogP contribution in [0.3, 0.4) is 0 Å². The summed E-state index contributed by atoms with van der Waals surface area (Å²) in [5, 5.41) is 12.9. The third-order valence-electron chi connectivity index (χ3n) is 5.82. The Balaban J connectivity index is 1.46. The number of nitrogens with one attached hydrogen (secondary N) is 2. The van der Waals surface area contributed by atoms with Crippen LogP contribution in [0.5, 0.6) is 0 Å². The molecular formula is C18H18FN5O. The Kier molecular flexibility index (Phi) is 3.09. The Morgan fingerprint density at radius 3 is 3.08 bits per heavy atom. The van der Waals surface area contributed by atoms with Gasteiger partial charge in [0.1, 0.15) is 5.82 Å². The molecular weight excluding hydrogens is 321 g/mol. The maximum atomic E-state index is 13.3. The number of H-pyrrole nitrogens is 1. The molecule has 1 saturated carbocycles. The zero-order valence-electron chi connectivity index (χ0n) is 13.6. The summed E-state index contributed by atoms with van der Waals surface area (Å²) < 4.78 is 15.0. The predicted octanol–water partition coefficient (Wildman–Crippen LogP) is 1.56. The van der Waals surface area contributed by atoms with Crippen molar-refractivity contribution in [1.82, 2.24) is 25.3 Å². The molecule has 0 bridgehead atoms. The Morgan fingerprint density at radius 2 is 2.28 bits per heavy atom. The zero-order valence-corrected chi connectivity index (χ0v) is 13.6. The lowest BCUT2D eigenvalue weighted by molar-refractivity contribution is 0.176. The highest BCUT2D eigenvalue weighted by molar-refractivity contribution is 5.78. The first-order valence-electron chi connectivity index (χ1n) is 8.57. The van der Waals surface area contributed by atoms with Gasteiger partial charge in [-0.25, -0.2) is 9.07 Å². The summed E-state index contributed by atoms with van der Waals surface area (Å²) in [6, 6.07) is 6.17. The number of pyridine rings is 1. The van der Waals surface area contributed by atoms with E-state index in [0.29, 0.717) is 23.5 Å². The standard InChI is InChI=1S/C18H18FN5O/c19-14-2-1-11-5-12(17(25)21-15(11)6-14)8-24-9-16(22-23-24)18-4-3-13(18)7-20-10-18/h1-2,5-6,9,13,20H,3-4,7-8,10H2,(H,21,25)/t13-,18-/m0/s1. The van der Waals surface area contributed by atoms with E-state index in [1.807, 2.05) is 6.20 Å². The second kappa shape index (κ2) is 5.23. The first-order valence-corrected chi connectivity index (χ1v) is 8.57. The lowest BCUT2D eigenvalue weighted by Gasteiger charge is -2.42. The molecule has 2 atom stereocenters. The molecule has 2 aliphatic rings. The van der Waals surface area contributed by atoms with E-state index in [1.165, 1.54) is 18.6 Å². The molecule has 3 heterocycles. The smallest absolute Gasteiger partial charge is 0.253 e. The van der Waals surface area contributed by atoms with Crippen molar-refractivity contribution in [3.63, 3.8) is 0 Å². The van der Waals surface area contributed by atoms with Crippen molar-refractivity contribution in [3.8, 4) is 0 Å². The van der Waals surface area contributed by atoms with Crippen LogP contribution in [0.1, 0.15) is 24.1 Å². The number of rotatable bonds is 3. The van der Waals surface area contributed by atoms with Crippen LogP contribution in [0.2, 0.25) is 0 Å². The molecule has 2 aromatic heterocycles. The molecule has 1 saturated heterocycles. The van der Waals surface area contributed by atoms with Crippen molar-refractivity contribution in [3.05, 3.63) is 57.9 Å². The van der Waals surface area contributed by atoms with E-state index in [9.17, 15) is 9.18 Å². The van der Waals surface area contributed by atoms with Crippen molar-refractivity contribution in [2.24, 2.45) is 5.92 Å². The van der Waals surface area contributed by atoms with Gasteiger partial charge in [-0.1, -0.05) is 5.21 Å². The normalized spacial score (nSPS) is 25.1. The zero-order chi connectivity index (χ0) is 17.0. The molecule has 25 heavy (non-hydrogen) atoms. The Labute approximate surface area is 143 Å². The van der Waals surface area contributed by atoms with Gasteiger partial charge in [-0.2, -0.15) is 0 Å². The third kappa shape index (κ3) is 2.22. The van der Waals surface area contributed by atoms with E-state index in [1.54, 1.807) is 16.8 Å². The van der Waals surface area contributed by atoms with Crippen LogP contribution in [0.25, 0.3) is 10.9 Å². The Morgan fingerprint density at radius 1 is 1.36 bits per heavy atom. The first kappa shape index (κ1) is 14.8. The molecule has 6 nitrogen and oxygen atoms in total. The van der Waals surface area contributed by atoms with Gasteiger partial charge in [-0.05, 0) is 55.0 Å². The summed E-state index contributed by atoms with van der Waals surface area (Å²) in [6.45, 7) is 2.36. The van der Waals surface area contributed by atoms with Crippen molar-refractivity contribution in [2.75, 3.05) is 13.1 Å². The van der Waals surface area contributed by atoms with Crippen LogP contribution in [-0.4, -0.2) is 33.1 Å². The highest BCUT2D eigenvalue weighted by Crippen LogP contribution is 2.50. The van der Waals surface area contributed by atoms with Crippen LogP contribution in [0.15, 0.2) is 35.3 Å². The molecule has 128 valence electrons. The van der Waals surface area contributed by atoms with Crippen molar-refractivity contribution in [1.29, 1.82) is 0 Å². The van der Waals surface area contributed by atoms with Crippen molar-refractivity contribution in [2.45, 2.75) is 24.8 Å². The summed E-state index contributed by atoms with van der Waals surface area (Å²) in [6.07, 6.45) is 4.35. The number of hydrogen-bond acceptors (Lipinski definition) is 4. The molecule has 3 aromatic rings. The molecule has 1 aromatic carbocycles. The number of aromatic amines is 1. The SMILES string of the molecule is O=c1[nH]c2cc(F)ccc2cc1Cn1cc([C@]23CC[C@H]2CNC3)nn1. The minimum atomic E-state index is -0.365. The topological polar surface area (TPSA) is 75.6 Å². The molecule has 2 fully saturated rings. The summed E-state index contributed by atoms with van der Waals surface area (Å²) in [4.78, 5) is 15.0. The number of fused-ring (bicyclic) bond motifs is 2. The van der Waals surface area contributed by atoms with Gasteiger partial charge < -0.3 is 10.3 Å². The van der Waals surface area contributed by atoms with Gasteiger partial charge in [0.25, 0.3) is 5.56 Å². The van der Waals surface area contributed by atoms with Gasteiger partial charge in [0, 0.05) is 23.7 Å². The predicted molar refractivity (Wildman–Crippen MR) is 90.9 cm³/mol. The lowest BCUT2D eigenvalue weighted by atomic mass is 9.60. The highest BCUT2D eigenvalue weighted by atomic mass is 19.1.